The Balaban J connectivity index is 1.87. The van der Waals surface area contributed by atoms with Crippen molar-refractivity contribution in [3.63, 3.8) is 0 Å². The summed E-state index contributed by atoms with van der Waals surface area (Å²) in [6.07, 6.45) is 2.10. The lowest BCUT2D eigenvalue weighted by Gasteiger charge is -2.30. The highest BCUT2D eigenvalue weighted by molar-refractivity contribution is 5.94. The first-order valence-corrected chi connectivity index (χ1v) is 9.08. The first-order valence-electron chi connectivity index (χ1n) is 9.08. The molecule has 0 aliphatic heterocycles. The van der Waals surface area contributed by atoms with Crippen molar-refractivity contribution >= 4 is 0 Å². The maximum Gasteiger partial charge on any atom is 0.0740 e. The fourth-order valence-corrected chi connectivity index (χ4v) is 5.09. The highest BCUT2D eigenvalue weighted by atomic mass is 14.7. The van der Waals surface area contributed by atoms with Crippen LogP contribution in [-0.4, -0.2) is 4.98 Å². The maximum absolute atomic E-state index is 4.70. The average Bonchev–Trinajstić information content (AvgIpc) is 3.15. The second-order valence-corrected chi connectivity index (χ2v) is 7.26. The van der Waals surface area contributed by atoms with Crippen LogP contribution in [0.3, 0.4) is 0 Å². The Bertz CT molecular complexity index is 1160. The fraction of sp³-hybridized carbons (Fsp3) is 0.0800. The molecule has 0 unspecified atom stereocenters. The van der Waals surface area contributed by atoms with E-state index in [4.69, 9.17) is 4.98 Å². The number of fused-ring (bicyclic) bond motifs is 10. The SMILES string of the molecule is Cc1cc2c(cn1)C1(c3ccccc3-c3ccccc31)c1ccccc1-2. The molecule has 26 heavy (non-hydrogen) atoms. The van der Waals surface area contributed by atoms with E-state index < -0.39 is 0 Å². The van der Waals surface area contributed by atoms with Crippen molar-refractivity contribution in [3.05, 3.63) is 113 Å². The van der Waals surface area contributed by atoms with Crippen molar-refractivity contribution in [1.82, 2.24) is 4.98 Å². The summed E-state index contributed by atoms with van der Waals surface area (Å²) in [7, 11) is 0. The Kier molecular flexibility index (Phi) is 2.54. The summed E-state index contributed by atoms with van der Waals surface area (Å²) in [4.78, 5) is 4.70. The van der Waals surface area contributed by atoms with E-state index in [0.29, 0.717) is 0 Å². The van der Waals surface area contributed by atoms with Gasteiger partial charge in [-0.25, -0.2) is 0 Å². The molecule has 1 heterocycles. The number of hydrogen-bond donors (Lipinski definition) is 0. The van der Waals surface area contributed by atoms with E-state index in [1.54, 1.807) is 0 Å². The van der Waals surface area contributed by atoms with Crippen molar-refractivity contribution in [2.24, 2.45) is 0 Å². The smallest absolute Gasteiger partial charge is 0.0740 e. The molecule has 0 atom stereocenters. The van der Waals surface area contributed by atoms with Crippen LogP contribution in [-0.2, 0) is 5.41 Å². The van der Waals surface area contributed by atoms with Crippen LogP contribution in [0, 0.1) is 6.92 Å². The zero-order valence-electron chi connectivity index (χ0n) is 14.5. The number of aromatic nitrogens is 1. The molecule has 1 nitrogen and oxygen atoms in total. The van der Waals surface area contributed by atoms with Gasteiger partial charge in [-0.05, 0) is 57.5 Å². The third-order valence-electron chi connectivity index (χ3n) is 6.02. The van der Waals surface area contributed by atoms with E-state index >= 15 is 0 Å². The number of hydrogen-bond acceptors (Lipinski definition) is 1. The molecule has 2 aliphatic rings. The molecule has 3 aromatic carbocycles. The molecule has 2 aliphatic carbocycles. The highest BCUT2D eigenvalue weighted by Gasteiger charge is 2.51. The van der Waals surface area contributed by atoms with Gasteiger partial charge in [0, 0.05) is 11.9 Å². The predicted molar refractivity (Wildman–Crippen MR) is 105 cm³/mol. The minimum absolute atomic E-state index is 0.250. The molecule has 0 amide bonds. The molecule has 0 bridgehead atoms. The molecule has 0 saturated carbocycles. The number of rotatable bonds is 0. The second-order valence-electron chi connectivity index (χ2n) is 7.26. The fourth-order valence-electron chi connectivity index (χ4n) is 5.09. The van der Waals surface area contributed by atoms with E-state index in [1.807, 2.05) is 0 Å². The maximum atomic E-state index is 4.70. The van der Waals surface area contributed by atoms with E-state index in [1.165, 1.54) is 44.5 Å². The molecule has 1 heteroatoms. The Hall–Kier alpha value is -3.19. The Morgan fingerprint density at radius 1 is 0.577 bits per heavy atom. The van der Waals surface area contributed by atoms with Gasteiger partial charge in [0.15, 0.2) is 0 Å². The summed E-state index contributed by atoms with van der Waals surface area (Å²) in [5.41, 5.74) is 11.6. The van der Waals surface area contributed by atoms with Crippen molar-refractivity contribution in [1.29, 1.82) is 0 Å². The Morgan fingerprint density at radius 2 is 1.04 bits per heavy atom. The second kappa shape index (κ2) is 4.70. The summed E-state index contributed by atoms with van der Waals surface area (Å²) in [6, 6.07) is 28.8. The molecule has 0 radical (unpaired) electrons. The van der Waals surface area contributed by atoms with Gasteiger partial charge in [-0.1, -0.05) is 72.8 Å². The number of nitrogens with zero attached hydrogens (tertiary/aromatic N) is 1. The van der Waals surface area contributed by atoms with E-state index in [2.05, 4.69) is 92.0 Å². The largest absolute Gasteiger partial charge is 0.261 e. The Morgan fingerprint density at radius 3 is 1.58 bits per heavy atom. The molecular weight excluding hydrogens is 314 g/mol. The van der Waals surface area contributed by atoms with Crippen LogP contribution < -0.4 is 0 Å². The first kappa shape index (κ1) is 14.0. The number of pyridine rings is 1. The zero-order chi connectivity index (χ0) is 17.3. The molecule has 6 rings (SSSR count). The number of aryl methyl sites for hydroxylation is 1. The van der Waals surface area contributed by atoms with E-state index in [-0.39, 0.29) is 5.41 Å². The topological polar surface area (TPSA) is 12.9 Å². The van der Waals surface area contributed by atoms with Crippen LogP contribution in [0.1, 0.15) is 27.9 Å². The van der Waals surface area contributed by atoms with Gasteiger partial charge in [-0.3, -0.25) is 4.98 Å². The van der Waals surface area contributed by atoms with Gasteiger partial charge in [0.1, 0.15) is 0 Å². The van der Waals surface area contributed by atoms with Gasteiger partial charge >= 0.3 is 0 Å². The summed E-state index contributed by atoms with van der Waals surface area (Å²) < 4.78 is 0. The van der Waals surface area contributed by atoms with Gasteiger partial charge in [-0.2, -0.15) is 0 Å². The number of benzene rings is 3. The van der Waals surface area contributed by atoms with E-state index in [0.717, 1.165) is 5.69 Å². The molecular formula is C25H17N. The molecule has 4 aromatic rings. The quantitative estimate of drug-likeness (QED) is 0.346. The van der Waals surface area contributed by atoms with Crippen LogP contribution in [0.15, 0.2) is 85.1 Å². The van der Waals surface area contributed by atoms with E-state index in [9.17, 15) is 0 Å². The van der Waals surface area contributed by atoms with Crippen LogP contribution in [0.2, 0.25) is 0 Å². The van der Waals surface area contributed by atoms with Crippen LogP contribution in [0.4, 0.5) is 0 Å². The lowest BCUT2D eigenvalue weighted by atomic mass is 9.71. The Labute approximate surface area is 153 Å². The van der Waals surface area contributed by atoms with Gasteiger partial charge in [0.25, 0.3) is 0 Å². The summed E-state index contributed by atoms with van der Waals surface area (Å²) in [6.45, 7) is 2.07. The lowest BCUT2D eigenvalue weighted by molar-refractivity contribution is 0.787. The molecule has 122 valence electrons. The predicted octanol–water partition coefficient (Wildman–Crippen LogP) is 5.73. The standard InChI is InChI=1S/C25H17N/c1-16-14-20-19-10-4-7-13-23(19)25(24(20)15-26-16)21-11-5-2-8-17(21)18-9-3-6-12-22(18)25/h2-15H,1H3. The molecule has 0 saturated heterocycles. The van der Waals surface area contributed by atoms with Gasteiger partial charge in [-0.15, -0.1) is 0 Å². The van der Waals surface area contributed by atoms with Crippen molar-refractivity contribution in [2.45, 2.75) is 12.3 Å². The van der Waals surface area contributed by atoms with Crippen LogP contribution in [0.25, 0.3) is 22.3 Å². The first-order chi connectivity index (χ1) is 12.8. The van der Waals surface area contributed by atoms with Gasteiger partial charge in [0.2, 0.25) is 0 Å². The van der Waals surface area contributed by atoms with Gasteiger partial charge < -0.3 is 0 Å². The highest BCUT2D eigenvalue weighted by Crippen LogP contribution is 2.62. The summed E-state index contributed by atoms with van der Waals surface area (Å²) >= 11 is 0. The normalized spacial score (nSPS) is 14.7. The minimum atomic E-state index is -0.250. The molecule has 0 fully saturated rings. The minimum Gasteiger partial charge on any atom is -0.261 e. The van der Waals surface area contributed by atoms with Crippen molar-refractivity contribution < 1.29 is 0 Å². The summed E-state index contributed by atoms with van der Waals surface area (Å²) in [5, 5.41) is 0. The third-order valence-corrected chi connectivity index (χ3v) is 6.02. The summed E-state index contributed by atoms with van der Waals surface area (Å²) in [5.74, 6) is 0. The van der Waals surface area contributed by atoms with Crippen molar-refractivity contribution in [2.75, 3.05) is 0 Å². The monoisotopic (exact) mass is 331 g/mol. The molecule has 0 N–H and O–H groups in total. The molecule has 1 spiro atoms. The zero-order valence-corrected chi connectivity index (χ0v) is 14.5. The van der Waals surface area contributed by atoms with Crippen LogP contribution in [0.5, 0.6) is 0 Å². The average molecular weight is 331 g/mol. The molecule has 1 aromatic heterocycles. The van der Waals surface area contributed by atoms with Crippen molar-refractivity contribution in [3.8, 4) is 22.3 Å². The van der Waals surface area contributed by atoms with Gasteiger partial charge in [0.05, 0.1) is 5.41 Å². The third kappa shape index (κ3) is 1.46. The lowest BCUT2D eigenvalue weighted by Crippen LogP contribution is -2.26. The van der Waals surface area contributed by atoms with Crippen LogP contribution >= 0.6 is 0 Å².